The Bertz CT molecular complexity index is 854. The van der Waals surface area contributed by atoms with Crippen LogP contribution in [0.1, 0.15) is 47.6 Å². The van der Waals surface area contributed by atoms with Crippen LogP contribution in [-0.2, 0) is 6.42 Å². The van der Waals surface area contributed by atoms with Gasteiger partial charge in [-0.1, -0.05) is 37.6 Å². The average molecular weight is 358 g/mol. The Morgan fingerprint density at radius 3 is 1.52 bits per heavy atom. The monoisotopic (exact) mass is 357 g/mol. The van der Waals surface area contributed by atoms with Crippen LogP contribution in [0.5, 0.6) is 0 Å². The standard InChI is InChI=1S/C26H31N/c1-6-7-8-23-11-15-24(16-12-23)27(25-13-9-19(2)21(4)17-25)26-14-10-20(3)22(5)18-26/h9-18H,6-8H2,1-5H3. The van der Waals surface area contributed by atoms with Gasteiger partial charge in [-0.2, -0.15) is 0 Å². The highest BCUT2D eigenvalue weighted by molar-refractivity contribution is 5.77. The quantitative estimate of drug-likeness (QED) is 0.436. The zero-order valence-electron chi connectivity index (χ0n) is 17.3. The van der Waals surface area contributed by atoms with E-state index < -0.39 is 0 Å². The predicted molar refractivity (Wildman–Crippen MR) is 119 cm³/mol. The third kappa shape index (κ3) is 4.42. The van der Waals surface area contributed by atoms with E-state index in [9.17, 15) is 0 Å². The Morgan fingerprint density at radius 1 is 0.593 bits per heavy atom. The molecule has 0 saturated carbocycles. The Balaban J connectivity index is 2.06. The summed E-state index contributed by atoms with van der Waals surface area (Å²) in [6.45, 7) is 11.0. The van der Waals surface area contributed by atoms with Gasteiger partial charge in [-0.15, -0.1) is 0 Å². The van der Waals surface area contributed by atoms with Crippen molar-refractivity contribution in [3.05, 3.63) is 88.5 Å². The molecule has 0 bridgehead atoms. The van der Waals surface area contributed by atoms with Crippen molar-refractivity contribution in [3.8, 4) is 0 Å². The summed E-state index contributed by atoms with van der Waals surface area (Å²) in [6.07, 6.45) is 3.64. The fourth-order valence-electron chi connectivity index (χ4n) is 3.37. The van der Waals surface area contributed by atoms with E-state index >= 15 is 0 Å². The molecule has 0 unspecified atom stereocenters. The maximum Gasteiger partial charge on any atom is 0.0464 e. The molecule has 0 fully saturated rings. The first-order valence-electron chi connectivity index (χ1n) is 10.0. The summed E-state index contributed by atoms with van der Waals surface area (Å²) in [5.74, 6) is 0. The number of hydrogen-bond donors (Lipinski definition) is 0. The zero-order chi connectivity index (χ0) is 19.4. The van der Waals surface area contributed by atoms with Gasteiger partial charge in [0.2, 0.25) is 0 Å². The maximum absolute atomic E-state index is 2.36. The number of rotatable bonds is 6. The fourth-order valence-corrected chi connectivity index (χ4v) is 3.37. The second-order valence-electron chi connectivity index (χ2n) is 7.64. The summed E-state index contributed by atoms with van der Waals surface area (Å²) in [5, 5.41) is 0. The molecule has 0 heterocycles. The van der Waals surface area contributed by atoms with E-state index in [2.05, 4.69) is 100 Å². The summed E-state index contributed by atoms with van der Waals surface area (Å²) in [7, 11) is 0. The van der Waals surface area contributed by atoms with Crippen LogP contribution in [0, 0.1) is 27.7 Å². The number of nitrogens with zero attached hydrogens (tertiary/aromatic N) is 1. The van der Waals surface area contributed by atoms with Gasteiger partial charge in [-0.05, 0) is 105 Å². The minimum Gasteiger partial charge on any atom is -0.310 e. The van der Waals surface area contributed by atoms with E-state index in [0.717, 1.165) is 6.42 Å². The summed E-state index contributed by atoms with van der Waals surface area (Å²) >= 11 is 0. The van der Waals surface area contributed by atoms with Crippen molar-refractivity contribution in [2.45, 2.75) is 53.9 Å². The number of hydrogen-bond acceptors (Lipinski definition) is 1. The van der Waals surface area contributed by atoms with Crippen LogP contribution in [-0.4, -0.2) is 0 Å². The normalized spacial score (nSPS) is 10.9. The molecule has 3 rings (SSSR count). The van der Waals surface area contributed by atoms with E-state index in [0.29, 0.717) is 0 Å². The van der Waals surface area contributed by atoms with Crippen LogP contribution in [0.2, 0.25) is 0 Å². The van der Waals surface area contributed by atoms with Gasteiger partial charge in [-0.25, -0.2) is 0 Å². The molecule has 0 atom stereocenters. The average Bonchev–Trinajstić information content (AvgIpc) is 2.67. The SMILES string of the molecule is CCCCc1ccc(N(c2ccc(C)c(C)c2)c2ccc(C)c(C)c2)cc1. The molecular weight excluding hydrogens is 326 g/mol. The lowest BCUT2D eigenvalue weighted by Crippen LogP contribution is -2.11. The van der Waals surface area contributed by atoms with Gasteiger partial charge in [0.15, 0.2) is 0 Å². The molecule has 0 amide bonds. The van der Waals surface area contributed by atoms with Crippen LogP contribution in [0.15, 0.2) is 60.7 Å². The van der Waals surface area contributed by atoms with Crippen molar-refractivity contribution >= 4 is 17.1 Å². The Kier molecular flexibility index (Phi) is 6.01. The van der Waals surface area contributed by atoms with E-state index in [1.807, 2.05) is 0 Å². The van der Waals surface area contributed by atoms with E-state index in [4.69, 9.17) is 0 Å². The number of unbranched alkanes of at least 4 members (excludes halogenated alkanes) is 1. The van der Waals surface area contributed by atoms with Crippen LogP contribution in [0.25, 0.3) is 0 Å². The molecule has 0 aromatic heterocycles. The summed E-state index contributed by atoms with van der Waals surface area (Å²) in [4.78, 5) is 2.36. The molecule has 0 saturated heterocycles. The number of benzene rings is 3. The molecule has 1 heteroatoms. The molecule has 0 radical (unpaired) electrons. The lowest BCUT2D eigenvalue weighted by molar-refractivity contribution is 0.795. The number of aryl methyl sites for hydroxylation is 5. The predicted octanol–water partition coefficient (Wildman–Crippen LogP) is 7.73. The fraction of sp³-hybridized carbons (Fsp3) is 0.308. The van der Waals surface area contributed by atoms with Gasteiger partial charge in [0, 0.05) is 17.1 Å². The molecule has 0 spiro atoms. The van der Waals surface area contributed by atoms with Crippen LogP contribution in [0.3, 0.4) is 0 Å². The van der Waals surface area contributed by atoms with Crippen LogP contribution >= 0.6 is 0 Å². The molecular formula is C26H31N. The molecule has 0 aliphatic carbocycles. The van der Waals surface area contributed by atoms with Crippen molar-refractivity contribution < 1.29 is 0 Å². The molecule has 140 valence electrons. The van der Waals surface area contributed by atoms with Gasteiger partial charge in [0.05, 0.1) is 0 Å². The first-order chi connectivity index (χ1) is 13.0. The van der Waals surface area contributed by atoms with Gasteiger partial charge >= 0.3 is 0 Å². The van der Waals surface area contributed by atoms with E-state index in [1.165, 1.54) is 57.7 Å². The highest BCUT2D eigenvalue weighted by Crippen LogP contribution is 2.36. The zero-order valence-corrected chi connectivity index (χ0v) is 17.3. The van der Waals surface area contributed by atoms with Crippen LogP contribution < -0.4 is 4.90 Å². The van der Waals surface area contributed by atoms with Crippen molar-refractivity contribution in [3.63, 3.8) is 0 Å². The third-order valence-corrected chi connectivity index (χ3v) is 5.51. The van der Waals surface area contributed by atoms with Crippen LogP contribution in [0.4, 0.5) is 17.1 Å². The maximum atomic E-state index is 2.36. The minimum absolute atomic E-state index is 1.16. The van der Waals surface area contributed by atoms with Gasteiger partial charge in [0.1, 0.15) is 0 Å². The molecule has 3 aromatic rings. The first-order valence-corrected chi connectivity index (χ1v) is 10.0. The summed E-state index contributed by atoms with van der Waals surface area (Å²) < 4.78 is 0. The molecule has 3 aromatic carbocycles. The lowest BCUT2D eigenvalue weighted by atomic mass is 10.0. The Morgan fingerprint density at radius 2 is 1.07 bits per heavy atom. The van der Waals surface area contributed by atoms with Crippen molar-refractivity contribution in [1.29, 1.82) is 0 Å². The molecule has 0 aliphatic rings. The topological polar surface area (TPSA) is 3.24 Å². The smallest absolute Gasteiger partial charge is 0.0464 e. The third-order valence-electron chi connectivity index (χ3n) is 5.51. The van der Waals surface area contributed by atoms with E-state index in [1.54, 1.807) is 0 Å². The Labute approximate surface area is 164 Å². The van der Waals surface area contributed by atoms with Crippen molar-refractivity contribution in [2.75, 3.05) is 4.90 Å². The second-order valence-corrected chi connectivity index (χ2v) is 7.64. The molecule has 1 nitrogen and oxygen atoms in total. The molecule has 0 aliphatic heterocycles. The number of anilines is 3. The lowest BCUT2D eigenvalue weighted by Gasteiger charge is -2.27. The summed E-state index contributed by atoms with van der Waals surface area (Å²) in [5.41, 5.74) is 10.3. The van der Waals surface area contributed by atoms with E-state index in [-0.39, 0.29) is 0 Å². The van der Waals surface area contributed by atoms with Gasteiger partial charge < -0.3 is 4.90 Å². The second kappa shape index (κ2) is 8.43. The molecule has 0 N–H and O–H groups in total. The van der Waals surface area contributed by atoms with Crippen molar-refractivity contribution in [1.82, 2.24) is 0 Å². The molecule has 27 heavy (non-hydrogen) atoms. The van der Waals surface area contributed by atoms with Gasteiger partial charge in [-0.3, -0.25) is 0 Å². The highest BCUT2D eigenvalue weighted by Gasteiger charge is 2.14. The van der Waals surface area contributed by atoms with Crippen molar-refractivity contribution in [2.24, 2.45) is 0 Å². The largest absolute Gasteiger partial charge is 0.310 e. The highest BCUT2D eigenvalue weighted by atomic mass is 15.1. The minimum atomic E-state index is 1.16. The first kappa shape index (κ1) is 19.2. The Hall–Kier alpha value is -2.54. The summed E-state index contributed by atoms with van der Waals surface area (Å²) in [6, 6.07) is 22.5. The van der Waals surface area contributed by atoms with Gasteiger partial charge in [0.25, 0.3) is 0 Å².